The Hall–Kier alpha value is -3.64. The van der Waals surface area contributed by atoms with Crippen LogP contribution in [0.2, 0.25) is 5.02 Å². The summed E-state index contributed by atoms with van der Waals surface area (Å²) in [5.74, 6) is -0.319. The molecule has 0 atom stereocenters. The maximum absolute atomic E-state index is 12.9. The molecule has 0 saturated heterocycles. The number of hydrazine groups is 1. The highest BCUT2D eigenvalue weighted by Gasteiger charge is 2.18. The molecule has 0 aliphatic carbocycles. The van der Waals surface area contributed by atoms with Crippen LogP contribution >= 0.6 is 11.6 Å². The second-order valence-electron chi connectivity index (χ2n) is 6.00. The van der Waals surface area contributed by atoms with Gasteiger partial charge in [-0.15, -0.1) is 0 Å². The molecule has 2 heterocycles. The number of nitrogens with one attached hydrogen (secondary N) is 2. The van der Waals surface area contributed by atoms with Crippen molar-refractivity contribution < 1.29 is 4.79 Å². The van der Waals surface area contributed by atoms with Crippen molar-refractivity contribution in [2.75, 3.05) is 5.43 Å². The fourth-order valence-electron chi connectivity index (χ4n) is 2.73. The lowest BCUT2D eigenvalue weighted by Crippen LogP contribution is -2.29. The van der Waals surface area contributed by atoms with Gasteiger partial charge in [-0.3, -0.25) is 20.6 Å². The first-order chi connectivity index (χ1) is 13.7. The zero-order valence-electron chi connectivity index (χ0n) is 14.7. The molecule has 2 aromatic heterocycles. The molecule has 28 heavy (non-hydrogen) atoms. The first-order valence-electron chi connectivity index (χ1n) is 8.58. The summed E-state index contributed by atoms with van der Waals surface area (Å²) in [7, 11) is 0. The molecule has 0 bridgehead atoms. The molecule has 4 aromatic rings. The van der Waals surface area contributed by atoms with Crippen molar-refractivity contribution in [3.63, 3.8) is 0 Å². The van der Waals surface area contributed by atoms with Crippen molar-refractivity contribution in [1.82, 2.24) is 20.2 Å². The molecular formula is C21H16ClN5O. The van der Waals surface area contributed by atoms with Crippen LogP contribution in [0.25, 0.3) is 16.9 Å². The highest BCUT2D eigenvalue weighted by Crippen LogP contribution is 2.23. The summed E-state index contributed by atoms with van der Waals surface area (Å²) >= 11 is 5.98. The third-order valence-electron chi connectivity index (χ3n) is 4.06. The van der Waals surface area contributed by atoms with Crippen molar-refractivity contribution in [2.45, 2.75) is 0 Å². The molecule has 0 radical (unpaired) electrons. The zero-order chi connectivity index (χ0) is 19.3. The van der Waals surface area contributed by atoms with Gasteiger partial charge in [0, 0.05) is 29.2 Å². The van der Waals surface area contributed by atoms with Gasteiger partial charge in [0.05, 0.1) is 16.9 Å². The number of amides is 1. The first kappa shape index (κ1) is 17.8. The van der Waals surface area contributed by atoms with Crippen LogP contribution in [0.1, 0.15) is 10.4 Å². The van der Waals surface area contributed by atoms with Gasteiger partial charge in [-0.1, -0.05) is 35.9 Å². The molecule has 6 nitrogen and oxygen atoms in total. The molecule has 138 valence electrons. The van der Waals surface area contributed by atoms with E-state index in [4.69, 9.17) is 11.6 Å². The number of anilines is 1. The minimum absolute atomic E-state index is 0.319. The van der Waals surface area contributed by atoms with Gasteiger partial charge < -0.3 is 0 Å². The van der Waals surface area contributed by atoms with E-state index < -0.39 is 0 Å². The molecule has 0 aliphatic heterocycles. The van der Waals surface area contributed by atoms with Crippen molar-refractivity contribution in [3.05, 3.63) is 95.9 Å². The van der Waals surface area contributed by atoms with Gasteiger partial charge >= 0.3 is 0 Å². The fraction of sp³-hybridized carbons (Fsp3) is 0. The number of rotatable bonds is 5. The Labute approximate surface area is 166 Å². The smallest absolute Gasteiger partial charge is 0.273 e. The maximum Gasteiger partial charge on any atom is 0.273 e. The van der Waals surface area contributed by atoms with E-state index in [1.165, 1.54) is 0 Å². The van der Waals surface area contributed by atoms with Crippen LogP contribution < -0.4 is 10.9 Å². The van der Waals surface area contributed by atoms with Crippen LogP contribution in [0.3, 0.4) is 0 Å². The summed E-state index contributed by atoms with van der Waals surface area (Å²) in [4.78, 5) is 17.0. The third kappa shape index (κ3) is 3.87. The Balaban J connectivity index is 1.66. The number of pyridine rings is 1. The second kappa shape index (κ2) is 7.94. The Morgan fingerprint density at radius 3 is 2.61 bits per heavy atom. The minimum atomic E-state index is -0.319. The van der Waals surface area contributed by atoms with E-state index in [0.29, 0.717) is 22.0 Å². The highest BCUT2D eigenvalue weighted by atomic mass is 35.5. The molecule has 2 aromatic carbocycles. The second-order valence-corrected chi connectivity index (χ2v) is 6.44. The average Bonchev–Trinajstić information content (AvgIpc) is 3.19. The van der Waals surface area contributed by atoms with Crippen molar-refractivity contribution >= 4 is 23.2 Å². The predicted octanol–water partition coefficient (Wildman–Crippen LogP) is 4.34. The van der Waals surface area contributed by atoms with Crippen LogP contribution in [-0.4, -0.2) is 20.7 Å². The van der Waals surface area contributed by atoms with E-state index in [0.717, 1.165) is 11.3 Å². The molecule has 0 spiro atoms. The maximum atomic E-state index is 12.9. The lowest BCUT2D eigenvalue weighted by Gasteiger charge is -2.08. The van der Waals surface area contributed by atoms with Crippen LogP contribution in [0.4, 0.5) is 5.69 Å². The number of carbonyl (C=O) groups is 1. The lowest BCUT2D eigenvalue weighted by molar-refractivity contribution is 0.0963. The Morgan fingerprint density at radius 1 is 1.00 bits per heavy atom. The normalized spacial score (nSPS) is 10.5. The Morgan fingerprint density at radius 2 is 1.86 bits per heavy atom. The fourth-order valence-corrected chi connectivity index (χ4v) is 2.92. The molecule has 0 fully saturated rings. The first-order valence-corrected chi connectivity index (χ1v) is 8.96. The summed E-state index contributed by atoms with van der Waals surface area (Å²) in [6.45, 7) is 0. The van der Waals surface area contributed by atoms with Crippen molar-refractivity contribution in [2.24, 2.45) is 0 Å². The quantitative estimate of drug-likeness (QED) is 0.498. The SMILES string of the molecule is O=C(NNc1cccc(Cl)c1)c1cn(-c2ccccc2)nc1-c1cccnc1. The lowest BCUT2D eigenvalue weighted by atomic mass is 10.1. The summed E-state index contributed by atoms with van der Waals surface area (Å²) < 4.78 is 1.68. The van der Waals surface area contributed by atoms with Gasteiger partial charge in [0.1, 0.15) is 5.69 Å². The van der Waals surface area contributed by atoms with Crippen LogP contribution in [0, 0.1) is 0 Å². The summed E-state index contributed by atoms with van der Waals surface area (Å²) in [5.41, 5.74) is 8.83. The van der Waals surface area contributed by atoms with Crippen LogP contribution in [0.5, 0.6) is 0 Å². The van der Waals surface area contributed by atoms with Gasteiger partial charge in [-0.05, 0) is 42.5 Å². The van der Waals surface area contributed by atoms with E-state index in [-0.39, 0.29) is 5.91 Å². The minimum Gasteiger partial charge on any atom is -0.298 e. The molecule has 7 heteroatoms. The molecule has 0 aliphatic rings. The number of para-hydroxylation sites is 1. The molecule has 0 unspecified atom stereocenters. The van der Waals surface area contributed by atoms with E-state index in [2.05, 4.69) is 20.9 Å². The van der Waals surface area contributed by atoms with E-state index in [9.17, 15) is 4.79 Å². The number of hydrogen-bond acceptors (Lipinski definition) is 4. The van der Waals surface area contributed by atoms with Crippen molar-refractivity contribution in [3.8, 4) is 16.9 Å². The molecular weight excluding hydrogens is 374 g/mol. The Kier molecular flexibility index (Phi) is 5.03. The predicted molar refractivity (Wildman–Crippen MR) is 109 cm³/mol. The van der Waals surface area contributed by atoms with Gasteiger partial charge in [0.2, 0.25) is 0 Å². The number of aromatic nitrogens is 3. The molecule has 0 saturated carbocycles. The largest absolute Gasteiger partial charge is 0.298 e. The number of hydrogen-bond donors (Lipinski definition) is 2. The molecule has 1 amide bonds. The van der Waals surface area contributed by atoms with Gasteiger partial charge in [-0.2, -0.15) is 5.10 Å². The Bertz CT molecular complexity index is 1100. The summed E-state index contributed by atoms with van der Waals surface area (Å²) in [6, 6.07) is 20.4. The average molecular weight is 390 g/mol. The standard InChI is InChI=1S/C21H16ClN5O/c22-16-7-4-8-17(12-16)24-25-21(28)19-14-27(18-9-2-1-3-10-18)26-20(19)15-6-5-11-23-13-15/h1-14,24H,(H,25,28). The van der Waals surface area contributed by atoms with Crippen LogP contribution in [0.15, 0.2) is 85.3 Å². The molecule has 4 rings (SSSR count). The zero-order valence-corrected chi connectivity index (χ0v) is 15.5. The van der Waals surface area contributed by atoms with Gasteiger partial charge in [0.25, 0.3) is 5.91 Å². The topological polar surface area (TPSA) is 71.8 Å². The van der Waals surface area contributed by atoms with Gasteiger partial charge in [0.15, 0.2) is 0 Å². The third-order valence-corrected chi connectivity index (χ3v) is 4.29. The molecule has 2 N–H and O–H groups in total. The number of nitrogens with zero attached hydrogens (tertiary/aromatic N) is 3. The summed E-state index contributed by atoms with van der Waals surface area (Å²) in [6.07, 6.45) is 5.06. The van der Waals surface area contributed by atoms with E-state index in [1.807, 2.05) is 48.5 Å². The van der Waals surface area contributed by atoms with E-state index >= 15 is 0 Å². The number of carbonyl (C=O) groups excluding carboxylic acids is 1. The number of halogens is 1. The monoisotopic (exact) mass is 389 g/mol. The summed E-state index contributed by atoms with van der Waals surface area (Å²) in [5, 5.41) is 5.18. The van der Waals surface area contributed by atoms with Crippen molar-refractivity contribution in [1.29, 1.82) is 0 Å². The highest BCUT2D eigenvalue weighted by molar-refractivity contribution is 6.30. The van der Waals surface area contributed by atoms with Crippen LogP contribution in [-0.2, 0) is 0 Å². The number of benzene rings is 2. The van der Waals surface area contributed by atoms with E-state index in [1.54, 1.807) is 41.5 Å². The van der Waals surface area contributed by atoms with Gasteiger partial charge in [-0.25, -0.2) is 4.68 Å².